The molecule has 2 aromatic rings. The number of rotatable bonds is 4. The minimum atomic E-state index is -0.442. The minimum absolute atomic E-state index is 0.0351. The predicted molar refractivity (Wildman–Crippen MR) is 71.7 cm³/mol. The predicted octanol–water partition coefficient (Wildman–Crippen LogP) is 2.70. The van der Waals surface area contributed by atoms with Gasteiger partial charge in [-0.2, -0.15) is 0 Å². The molecule has 0 fully saturated rings. The molecule has 1 aromatic carbocycles. The number of methoxy groups -OCH3 is 1. The average Bonchev–Trinajstić information content (AvgIpc) is 2.88. The van der Waals surface area contributed by atoms with E-state index in [1.54, 1.807) is 30.5 Å². The second-order valence-electron chi connectivity index (χ2n) is 3.64. The van der Waals surface area contributed by atoms with Gasteiger partial charge in [0.1, 0.15) is 5.01 Å². The van der Waals surface area contributed by atoms with Crippen LogP contribution in [0.25, 0.3) is 10.6 Å². The zero-order valence-corrected chi connectivity index (χ0v) is 11.4. The summed E-state index contributed by atoms with van der Waals surface area (Å²) in [6.07, 6.45) is 0. The van der Waals surface area contributed by atoms with Crippen molar-refractivity contribution in [2.24, 2.45) is 0 Å². The van der Waals surface area contributed by atoms with Gasteiger partial charge in [-0.25, -0.2) is 9.78 Å². The molecule has 5 nitrogen and oxygen atoms in total. The summed E-state index contributed by atoms with van der Waals surface area (Å²) in [5.41, 5.74) is 0.996. The average molecular weight is 279 g/mol. The van der Waals surface area contributed by atoms with Crippen molar-refractivity contribution >= 4 is 17.3 Å². The molecule has 1 heterocycles. The molecule has 0 amide bonds. The van der Waals surface area contributed by atoms with Crippen molar-refractivity contribution in [3.8, 4) is 22.1 Å². The topological polar surface area (TPSA) is 68.7 Å². The molecule has 19 heavy (non-hydrogen) atoms. The maximum Gasteiger partial charge on any atom is 0.357 e. The molecule has 0 aliphatic rings. The van der Waals surface area contributed by atoms with Crippen LogP contribution in [0.4, 0.5) is 0 Å². The lowest BCUT2D eigenvalue weighted by Gasteiger charge is -2.04. The van der Waals surface area contributed by atoms with Crippen molar-refractivity contribution in [3.63, 3.8) is 0 Å². The normalized spacial score (nSPS) is 10.2. The summed E-state index contributed by atoms with van der Waals surface area (Å²) in [6, 6.07) is 4.97. The quantitative estimate of drug-likeness (QED) is 0.871. The van der Waals surface area contributed by atoms with Crippen molar-refractivity contribution < 1.29 is 19.4 Å². The molecule has 0 saturated carbocycles. The molecule has 100 valence electrons. The van der Waals surface area contributed by atoms with Gasteiger partial charge in [-0.05, 0) is 25.1 Å². The Hall–Kier alpha value is -2.08. The summed E-state index contributed by atoms with van der Waals surface area (Å²) in [6.45, 7) is 2.06. The van der Waals surface area contributed by atoms with Gasteiger partial charge in [-0.3, -0.25) is 0 Å². The molecule has 0 bridgehead atoms. The van der Waals surface area contributed by atoms with Crippen LogP contribution in [-0.2, 0) is 4.74 Å². The Morgan fingerprint density at radius 1 is 1.47 bits per heavy atom. The number of phenols is 1. The van der Waals surface area contributed by atoms with E-state index in [2.05, 4.69) is 4.98 Å². The van der Waals surface area contributed by atoms with Gasteiger partial charge < -0.3 is 14.6 Å². The van der Waals surface area contributed by atoms with E-state index < -0.39 is 5.97 Å². The first-order chi connectivity index (χ1) is 9.15. The zero-order valence-electron chi connectivity index (χ0n) is 10.5. The van der Waals surface area contributed by atoms with E-state index in [1.807, 2.05) is 0 Å². The number of hydrogen-bond acceptors (Lipinski definition) is 6. The molecule has 0 atom stereocenters. The van der Waals surface area contributed by atoms with Crippen LogP contribution in [0.3, 0.4) is 0 Å². The molecular formula is C13H13NO4S. The Morgan fingerprint density at radius 2 is 2.26 bits per heavy atom. The Morgan fingerprint density at radius 3 is 2.89 bits per heavy atom. The van der Waals surface area contributed by atoms with E-state index in [0.717, 1.165) is 5.56 Å². The SMILES string of the molecule is CCOC(=O)c1csc(-c2ccc(OC)c(O)c2)n1. The first-order valence-electron chi connectivity index (χ1n) is 5.65. The van der Waals surface area contributed by atoms with Crippen molar-refractivity contribution in [1.82, 2.24) is 4.98 Å². The van der Waals surface area contributed by atoms with Crippen LogP contribution in [0, 0.1) is 0 Å². The fourth-order valence-corrected chi connectivity index (χ4v) is 2.31. The first kappa shape index (κ1) is 13.4. The molecular weight excluding hydrogens is 266 g/mol. The van der Waals surface area contributed by atoms with E-state index in [1.165, 1.54) is 18.4 Å². The van der Waals surface area contributed by atoms with Crippen LogP contribution >= 0.6 is 11.3 Å². The van der Waals surface area contributed by atoms with Crippen LogP contribution in [-0.4, -0.2) is 29.8 Å². The lowest BCUT2D eigenvalue weighted by molar-refractivity contribution is 0.0520. The number of carbonyl (C=O) groups excluding carboxylic acids is 1. The number of thiazole rings is 1. The number of benzene rings is 1. The number of ether oxygens (including phenoxy) is 2. The van der Waals surface area contributed by atoms with Crippen LogP contribution in [0.15, 0.2) is 23.6 Å². The lowest BCUT2D eigenvalue weighted by atomic mass is 10.2. The second-order valence-corrected chi connectivity index (χ2v) is 4.50. The van der Waals surface area contributed by atoms with Gasteiger partial charge in [-0.1, -0.05) is 0 Å². The fourth-order valence-electron chi connectivity index (χ4n) is 1.53. The molecule has 0 radical (unpaired) electrons. The number of phenolic OH excluding ortho intramolecular Hbond substituents is 1. The van der Waals surface area contributed by atoms with Crippen LogP contribution in [0.2, 0.25) is 0 Å². The molecule has 0 aliphatic heterocycles. The highest BCUT2D eigenvalue weighted by Gasteiger charge is 2.13. The summed E-state index contributed by atoms with van der Waals surface area (Å²) >= 11 is 1.32. The number of aromatic hydroxyl groups is 1. The Kier molecular flexibility index (Phi) is 4.01. The van der Waals surface area contributed by atoms with Gasteiger partial charge in [0.25, 0.3) is 0 Å². The third kappa shape index (κ3) is 2.85. The van der Waals surface area contributed by atoms with E-state index in [-0.39, 0.29) is 11.4 Å². The first-order valence-corrected chi connectivity index (χ1v) is 6.53. The van der Waals surface area contributed by atoms with Crippen molar-refractivity contribution in [2.45, 2.75) is 6.92 Å². The van der Waals surface area contributed by atoms with Gasteiger partial charge in [0.2, 0.25) is 0 Å². The standard InChI is InChI=1S/C13H13NO4S/c1-3-18-13(16)9-7-19-12(14-9)8-4-5-11(17-2)10(15)6-8/h4-7,15H,3H2,1-2H3. The molecule has 0 saturated heterocycles. The number of carbonyl (C=O) groups is 1. The third-order valence-corrected chi connectivity index (χ3v) is 3.31. The van der Waals surface area contributed by atoms with Gasteiger partial charge in [-0.15, -0.1) is 11.3 Å². The summed E-state index contributed by atoms with van der Waals surface area (Å²) < 4.78 is 9.84. The van der Waals surface area contributed by atoms with E-state index in [9.17, 15) is 9.90 Å². The van der Waals surface area contributed by atoms with Gasteiger partial charge in [0.05, 0.1) is 13.7 Å². The van der Waals surface area contributed by atoms with Crippen LogP contribution in [0.1, 0.15) is 17.4 Å². The maximum absolute atomic E-state index is 11.5. The van der Waals surface area contributed by atoms with E-state index >= 15 is 0 Å². The van der Waals surface area contributed by atoms with E-state index in [4.69, 9.17) is 9.47 Å². The van der Waals surface area contributed by atoms with Crippen LogP contribution in [0.5, 0.6) is 11.5 Å². The Balaban J connectivity index is 2.27. The van der Waals surface area contributed by atoms with Crippen molar-refractivity contribution in [2.75, 3.05) is 13.7 Å². The van der Waals surface area contributed by atoms with E-state index in [0.29, 0.717) is 17.4 Å². The number of aromatic nitrogens is 1. The zero-order chi connectivity index (χ0) is 13.8. The van der Waals surface area contributed by atoms with Gasteiger partial charge in [0, 0.05) is 10.9 Å². The largest absolute Gasteiger partial charge is 0.504 e. The monoisotopic (exact) mass is 279 g/mol. The molecule has 6 heteroatoms. The van der Waals surface area contributed by atoms with Gasteiger partial charge >= 0.3 is 5.97 Å². The molecule has 1 N–H and O–H groups in total. The highest BCUT2D eigenvalue weighted by atomic mass is 32.1. The van der Waals surface area contributed by atoms with Crippen LogP contribution < -0.4 is 4.74 Å². The highest BCUT2D eigenvalue weighted by molar-refractivity contribution is 7.13. The molecule has 0 aliphatic carbocycles. The third-order valence-electron chi connectivity index (χ3n) is 2.41. The summed E-state index contributed by atoms with van der Waals surface area (Å²) in [5.74, 6) is -0.0125. The summed E-state index contributed by atoms with van der Waals surface area (Å²) in [4.78, 5) is 15.7. The minimum Gasteiger partial charge on any atom is -0.504 e. The highest BCUT2D eigenvalue weighted by Crippen LogP contribution is 2.32. The fraction of sp³-hybridized carbons (Fsp3) is 0.231. The number of esters is 1. The van der Waals surface area contributed by atoms with Crippen molar-refractivity contribution in [3.05, 3.63) is 29.3 Å². The molecule has 0 unspecified atom stereocenters. The number of hydrogen-bond donors (Lipinski definition) is 1. The Bertz CT molecular complexity index is 594. The van der Waals surface area contributed by atoms with Gasteiger partial charge in [0.15, 0.2) is 17.2 Å². The second kappa shape index (κ2) is 5.71. The Labute approximate surface area is 114 Å². The lowest BCUT2D eigenvalue weighted by Crippen LogP contribution is -2.04. The molecule has 1 aromatic heterocycles. The maximum atomic E-state index is 11.5. The molecule has 0 spiro atoms. The summed E-state index contributed by atoms with van der Waals surface area (Å²) in [7, 11) is 1.48. The molecule has 2 rings (SSSR count). The number of nitrogens with zero attached hydrogens (tertiary/aromatic N) is 1. The summed E-state index contributed by atoms with van der Waals surface area (Å²) in [5, 5.41) is 12.0. The van der Waals surface area contributed by atoms with Crippen molar-refractivity contribution in [1.29, 1.82) is 0 Å². The smallest absolute Gasteiger partial charge is 0.357 e.